The highest BCUT2D eigenvalue weighted by Crippen LogP contribution is 2.47. The molecule has 2 fully saturated rings. The fourth-order valence-corrected chi connectivity index (χ4v) is 4.29. The summed E-state index contributed by atoms with van der Waals surface area (Å²) >= 11 is 0. The van der Waals surface area contributed by atoms with Crippen molar-refractivity contribution in [2.75, 3.05) is 0 Å². The molecular formula is C19H29ClN2O. The Kier molecular flexibility index (Phi) is 5.74. The van der Waals surface area contributed by atoms with Gasteiger partial charge in [-0.05, 0) is 55.1 Å². The van der Waals surface area contributed by atoms with Crippen LogP contribution >= 0.6 is 12.4 Å². The van der Waals surface area contributed by atoms with Crippen molar-refractivity contribution in [1.29, 1.82) is 0 Å². The highest BCUT2D eigenvalue weighted by atomic mass is 35.5. The van der Waals surface area contributed by atoms with Crippen LogP contribution in [0.4, 0.5) is 0 Å². The monoisotopic (exact) mass is 336 g/mol. The molecule has 0 aromatic heterocycles. The molecule has 1 amide bonds. The van der Waals surface area contributed by atoms with E-state index in [9.17, 15) is 4.79 Å². The Labute approximate surface area is 145 Å². The van der Waals surface area contributed by atoms with Crippen LogP contribution in [0.5, 0.6) is 0 Å². The number of hydrogen-bond donors (Lipinski definition) is 2. The van der Waals surface area contributed by atoms with Crippen molar-refractivity contribution < 1.29 is 4.79 Å². The minimum Gasteiger partial charge on any atom is -0.349 e. The first-order valence-corrected chi connectivity index (χ1v) is 8.63. The second kappa shape index (κ2) is 7.23. The Morgan fingerprint density at radius 2 is 1.65 bits per heavy atom. The van der Waals surface area contributed by atoms with Crippen LogP contribution in [-0.2, 0) is 4.79 Å². The van der Waals surface area contributed by atoms with Crippen LogP contribution in [0.1, 0.15) is 63.1 Å². The number of halogens is 1. The van der Waals surface area contributed by atoms with Crippen molar-refractivity contribution in [3.63, 3.8) is 0 Å². The van der Waals surface area contributed by atoms with Gasteiger partial charge in [0.05, 0.1) is 12.0 Å². The van der Waals surface area contributed by atoms with Crippen molar-refractivity contribution in [1.82, 2.24) is 5.32 Å². The van der Waals surface area contributed by atoms with Crippen LogP contribution in [-0.4, -0.2) is 11.9 Å². The van der Waals surface area contributed by atoms with Gasteiger partial charge in [-0.25, -0.2) is 0 Å². The van der Waals surface area contributed by atoms with Crippen molar-refractivity contribution in [2.45, 2.75) is 58.0 Å². The van der Waals surface area contributed by atoms with Gasteiger partial charge in [0.1, 0.15) is 0 Å². The number of carbonyl (C=O) groups is 1. The van der Waals surface area contributed by atoms with E-state index in [1.165, 1.54) is 18.4 Å². The quantitative estimate of drug-likeness (QED) is 0.879. The first kappa shape index (κ1) is 18.3. The van der Waals surface area contributed by atoms with Gasteiger partial charge in [-0.15, -0.1) is 12.4 Å². The topological polar surface area (TPSA) is 55.1 Å². The number of rotatable bonds is 4. The van der Waals surface area contributed by atoms with Crippen LogP contribution in [0.3, 0.4) is 0 Å². The molecule has 2 aliphatic rings. The van der Waals surface area contributed by atoms with E-state index in [2.05, 4.69) is 50.4 Å². The van der Waals surface area contributed by atoms with Gasteiger partial charge in [0.2, 0.25) is 5.91 Å². The molecule has 5 unspecified atom stereocenters. The van der Waals surface area contributed by atoms with E-state index in [4.69, 9.17) is 5.73 Å². The molecule has 5 atom stereocenters. The molecular weight excluding hydrogens is 308 g/mol. The van der Waals surface area contributed by atoms with E-state index in [1.807, 2.05) is 0 Å². The number of carbonyl (C=O) groups excluding carboxylic acids is 1. The van der Waals surface area contributed by atoms with Gasteiger partial charge in [0, 0.05) is 6.04 Å². The summed E-state index contributed by atoms with van der Waals surface area (Å²) in [6.45, 7) is 6.44. The summed E-state index contributed by atoms with van der Waals surface area (Å²) in [6.07, 6.45) is 3.53. The van der Waals surface area contributed by atoms with E-state index in [0.29, 0.717) is 17.8 Å². The molecule has 4 heteroatoms. The molecule has 0 radical (unpaired) electrons. The van der Waals surface area contributed by atoms with Gasteiger partial charge < -0.3 is 11.1 Å². The first-order chi connectivity index (χ1) is 10.5. The largest absolute Gasteiger partial charge is 0.349 e. The van der Waals surface area contributed by atoms with Crippen LogP contribution < -0.4 is 11.1 Å². The van der Waals surface area contributed by atoms with E-state index in [-0.39, 0.29) is 36.3 Å². The lowest BCUT2D eigenvalue weighted by Crippen LogP contribution is -2.45. The van der Waals surface area contributed by atoms with E-state index in [0.717, 1.165) is 12.0 Å². The molecule has 1 aromatic carbocycles. The van der Waals surface area contributed by atoms with Crippen molar-refractivity contribution >= 4 is 18.3 Å². The Balaban J connectivity index is 0.00000192. The van der Waals surface area contributed by atoms with Crippen molar-refractivity contribution in [3.8, 4) is 0 Å². The number of nitrogens with one attached hydrogen (secondary N) is 1. The third-order valence-electron chi connectivity index (χ3n) is 5.75. The lowest BCUT2D eigenvalue weighted by atomic mass is 9.84. The van der Waals surface area contributed by atoms with Gasteiger partial charge in [0.15, 0.2) is 0 Å². The molecule has 3 N–H and O–H groups in total. The van der Waals surface area contributed by atoms with Crippen LogP contribution in [0, 0.1) is 17.8 Å². The maximum atomic E-state index is 12.6. The lowest BCUT2D eigenvalue weighted by Gasteiger charge is -2.28. The summed E-state index contributed by atoms with van der Waals surface area (Å²) in [5.74, 6) is 1.79. The zero-order valence-corrected chi connectivity index (χ0v) is 15.1. The Bertz CT molecular complexity index is 541. The molecule has 23 heavy (non-hydrogen) atoms. The molecule has 3 nitrogen and oxygen atoms in total. The van der Waals surface area contributed by atoms with Crippen LogP contribution in [0.25, 0.3) is 0 Å². The van der Waals surface area contributed by atoms with Crippen LogP contribution in [0.15, 0.2) is 24.3 Å². The summed E-state index contributed by atoms with van der Waals surface area (Å²) in [5, 5.41) is 3.18. The van der Waals surface area contributed by atoms with Gasteiger partial charge in [-0.1, -0.05) is 38.1 Å². The highest BCUT2D eigenvalue weighted by molar-refractivity contribution is 5.85. The molecule has 128 valence electrons. The van der Waals surface area contributed by atoms with Gasteiger partial charge in [-0.3, -0.25) is 4.79 Å². The molecule has 3 rings (SSSR count). The summed E-state index contributed by atoms with van der Waals surface area (Å²) in [4.78, 5) is 12.6. The predicted molar refractivity (Wildman–Crippen MR) is 96.6 cm³/mol. The smallest absolute Gasteiger partial charge is 0.225 e. The molecule has 2 aliphatic carbocycles. The van der Waals surface area contributed by atoms with Gasteiger partial charge >= 0.3 is 0 Å². The van der Waals surface area contributed by atoms with Crippen molar-refractivity contribution in [3.05, 3.63) is 35.4 Å². The molecule has 2 saturated carbocycles. The normalized spacial score (nSPS) is 30.1. The summed E-state index contributed by atoms with van der Waals surface area (Å²) in [6, 6.07) is 8.68. The third-order valence-corrected chi connectivity index (χ3v) is 5.75. The summed E-state index contributed by atoms with van der Waals surface area (Å²) in [5.41, 5.74) is 8.76. The van der Waals surface area contributed by atoms with Crippen molar-refractivity contribution in [2.24, 2.45) is 23.5 Å². The second-order valence-electron chi connectivity index (χ2n) is 7.49. The Morgan fingerprint density at radius 3 is 2.17 bits per heavy atom. The van der Waals surface area contributed by atoms with E-state index >= 15 is 0 Å². The third kappa shape index (κ3) is 3.56. The SMILES string of the molecule is CC(C)c1ccc(C(C)NC(=O)C2C3CCC(C3)C2N)cc1.Cl. The van der Waals surface area contributed by atoms with Gasteiger partial charge in [-0.2, -0.15) is 0 Å². The molecule has 0 aliphatic heterocycles. The number of hydrogen-bond acceptors (Lipinski definition) is 2. The predicted octanol–water partition coefficient (Wildman–Crippen LogP) is 3.78. The maximum Gasteiger partial charge on any atom is 0.225 e. The number of fused-ring (bicyclic) bond motifs is 2. The average Bonchev–Trinajstić information content (AvgIpc) is 3.08. The summed E-state index contributed by atoms with van der Waals surface area (Å²) in [7, 11) is 0. The summed E-state index contributed by atoms with van der Waals surface area (Å²) < 4.78 is 0. The van der Waals surface area contributed by atoms with Gasteiger partial charge in [0.25, 0.3) is 0 Å². The average molecular weight is 337 g/mol. The molecule has 0 saturated heterocycles. The second-order valence-corrected chi connectivity index (χ2v) is 7.49. The zero-order chi connectivity index (χ0) is 15.9. The lowest BCUT2D eigenvalue weighted by molar-refractivity contribution is -0.127. The minimum absolute atomic E-state index is 0. The fraction of sp³-hybridized carbons (Fsp3) is 0.632. The molecule has 0 spiro atoms. The highest BCUT2D eigenvalue weighted by Gasteiger charge is 2.49. The maximum absolute atomic E-state index is 12.6. The zero-order valence-electron chi connectivity index (χ0n) is 14.3. The van der Waals surface area contributed by atoms with Crippen LogP contribution in [0.2, 0.25) is 0 Å². The first-order valence-electron chi connectivity index (χ1n) is 8.63. The standard InChI is InChI=1S/C19H28N2O.ClH/c1-11(2)13-4-6-14(7-5-13)12(3)21-19(22)17-15-8-9-16(10-15)18(17)20;/h4-7,11-12,15-18H,8-10,20H2,1-3H3,(H,21,22);1H. The van der Waals surface area contributed by atoms with E-state index < -0.39 is 0 Å². The Hall–Kier alpha value is -1.06. The Morgan fingerprint density at radius 1 is 1.09 bits per heavy atom. The number of amides is 1. The number of nitrogens with two attached hydrogens (primary N) is 1. The fourth-order valence-electron chi connectivity index (χ4n) is 4.29. The van der Waals surface area contributed by atoms with E-state index in [1.54, 1.807) is 0 Å². The molecule has 1 aromatic rings. The minimum atomic E-state index is 0. The number of benzene rings is 1. The molecule has 0 heterocycles. The molecule has 2 bridgehead atoms.